The average Bonchev–Trinajstić information content (AvgIpc) is 3.42. The van der Waals surface area contributed by atoms with Crippen molar-refractivity contribution < 1.29 is 9.59 Å². The van der Waals surface area contributed by atoms with E-state index in [9.17, 15) is 9.59 Å². The van der Waals surface area contributed by atoms with Crippen LogP contribution in [0.1, 0.15) is 38.0 Å². The van der Waals surface area contributed by atoms with Crippen LogP contribution in [0, 0.1) is 0 Å². The van der Waals surface area contributed by atoms with Gasteiger partial charge in [0.15, 0.2) is 5.78 Å². The number of rotatable bonds is 4. The molecule has 1 saturated heterocycles. The van der Waals surface area contributed by atoms with Crippen LogP contribution in [0.15, 0.2) is 55.1 Å². The van der Waals surface area contributed by atoms with Crippen LogP contribution in [0.25, 0.3) is 0 Å². The average molecular weight is 400 g/mol. The molecular formula is C20H22ClN5O2. The maximum Gasteiger partial charge on any atom is 0.253 e. The fourth-order valence-electron chi connectivity index (χ4n) is 3.58. The number of H-pyrrole nitrogens is 1. The number of ketones is 1. The number of halogens is 1. The number of imidazole rings is 1. The van der Waals surface area contributed by atoms with Crippen LogP contribution in [0.2, 0.25) is 0 Å². The minimum Gasteiger partial charge on any atom is -0.367 e. The highest BCUT2D eigenvalue weighted by molar-refractivity contribution is 6.09. The smallest absolute Gasteiger partial charge is 0.253 e. The van der Waals surface area contributed by atoms with Gasteiger partial charge in [-0.3, -0.25) is 9.59 Å². The zero-order chi connectivity index (χ0) is 19.0. The summed E-state index contributed by atoms with van der Waals surface area (Å²) in [6, 6.07) is 8.35. The summed E-state index contributed by atoms with van der Waals surface area (Å²) in [5, 5.41) is 0. The predicted octanol–water partition coefficient (Wildman–Crippen LogP) is 1.97. The second-order valence-electron chi connectivity index (χ2n) is 6.88. The Morgan fingerprint density at radius 3 is 2.43 bits per heavy atom. The van der Waals surface area contributed by atoms with Crippen LogP contribution in [0.3, 0.4) is 0 Å². The minimum absolute atomic E-state index is 0. The topological polar surface area (TPSA) is 97.0 Å². The van der Waals surface area contributed by atoms with Crippen LogP contribution < -0.4 is 5.73 Å². The van der Waals surface area contributed by atoms with E-state index in [1.807, 2.05) is 17.8 Å². The molecule has 0 unspecified atom stereocenters. The molecule has 0 bridgehead atoms. The fraction of sp³-hybridized carbons (Fsp3) is 0.250. The van der Waals surface area contributed by atoms with E-state index in [0.717, 1.165) is 5.82 Å². The van der Waals surface area contributed by atoms with Gasteiger partial charge < -0.3 is 20.2 Å². The number of nitrogens with two attached hydrogens (primary N) is 1. The molecule has 2 atom stereocenters. The van der Waals surface area contributed by atoms with E-state index in [1.54, 1.807) is 53.8 Å². The van der Waals surface area contributed by atoms with Gasteiger partial charge in [0.05, 0.1) is 5.92 Å². The first-order valence-electron chi connectivity index (χ1n) is 8.84. The van der Waals surface area contributed by atoms with Gasteiger partial charge in [0.1, 0.15) is 5.82 Å². The number of nitrogens with one attached hydrogen (secondary N) is 1. The third-order valence-corrected chi connectivity index (χ3v) is 5.10. The van der Waals surface area contributed by atoms with E-state index < -0.39 is 0 Å². The lowest BCUT2D eigenvalue weighted by Crippen LogP contribution is -2.32. The highest BCUT2D eigenvalue weighted by Crippen LogP contribution is 2.26. The number of hydrogen-bond donors (Lipinski definition) is 2. The number of nitrogens with zero attached hydrogens (tertiary/aromatic N) is 3. The molecule has 0 aliphatic carbocycles. The summed E-state index contributed by atoms with van der Waals surface area (Å²) >= 11 is 0. The molecule has 1 aromatic carbocycles. The largest absolute Gasteiger partial charge is 0.367 e. The van der Waals surface area contributed by atoms with Crippen molar-refractivity contribution in [1.29, 1.82) is 0 Å². The van der Waals surface area contributed by atoms with Gasteiger partial charge >= 0.3 is 0 Å². The Labute approximate surface area is 169 Å². The lowest BCUT2D eigenvalue weighted by Gasteiger charge is -2.16. The molecule has 1 aliphatic heterocycles. The van der Waals surface area contributed by atoms with Gasteiger partial charge in [-0.2, -0.15) is 0 Å². The Hall–Kier alpha value is -2.90. The summed E-state index contributed by atoms with van der Waals surface area (Å²) in [6.45, 7) is 1.02. The van der Waals surface area contributed by atoms with Crippen molar-refractivity contribution in [2.75, 3.05) is 13.1 Å². The molecule has 3 N–H and O–H groups in total. The van der Waals surface area contributed by atoms with Gasteiger partial charge in [0.25, 0.3) is 5.91 Å². The monoisotopic (exact) mass is 399 g/mol. The third kappa shape index (κ3) is 3.58. The molecule has 1 amide bonds. The summed E-state index contributed by atoms with van der Waals surface area (Å²) < 4.78 is 1.94. The minimum atomic E-state index is -0.149. The lowest BCUT2D eigenvalue weighted by atomic mass is 10.0. The second-order valence-corrected chi connectivity index (χ2v) is 6.88. The third-order valence-electron chi connectivity index (χ3n) is 5.10. The highest BCUT2D eigenvalue weighted by Gasteiger charge is 2.36. The number of hydrogen-bond acceptors (Lipinski definition) is 4. The second kappa shape index (κ2) is 8.00. The number of amides is 1. The van der Waals surface area contributed by atoms with Crippen molar-refractivity contribution in [2.45, 2.75) is 12.0 Å². The van der Waals surface area contributed by atoms with Crippen LogP contribution >= 0.6 is 12.4 Å². The van der Waals surface area contributed by atoms with Crippen molar-refractivity contribution in [3.8, 4) is 0 Å². The molecule has 146 valence electrons. The number of aromatic nitrogens is 3. The predicted molar refractivity (Wildman–Crippen MR) is 108 cm³/mol. The first-order chi connectivity index (χ1) is 13.0. The van der Waals surface area contributed by atoms with Crippen LogP contribution in [-0.2, 0) is 7.05 Å². The van der Waals surface area contributed by atoms with Crippen LogP contribution in [-0.4, -0.2) is 50.3 Å². The normalized spacial score (nSPS) is 18.7. The van der Waals surface area contributed by atoms with E-state index in [4.69, 9.17) is 5.73 Å². The van der Waals surface area contributed by atoms with Gasteiger partial charge in [-0.25, -0.2) is 4.98 Å². The SMILES string of the molecule is Cl.Cn1ccnc1[C@@H]1CN(C(=O)c2ccc(C(=O)c3cc[nH]c3)cc2)C[C@H]1N. The van der Waals surface area contributed by atoms with E-state index in [2.05, 4.69) is 9.97 Å². The Kier molecular flexibility index (Phi) is 5.67. The van der Waals surface area contributed by atoms with Gasteiger partial charge in [0.2, 0.25) is 0 Å². The Morgan fingerprint density at radius 2 is 1.82 bits per heavy atom. The van der Waals surface area contributed by atoms with Crippen molar-refractivity contribution in [3.05, 3.63) is 77.6 Å². The molecule has 3 heterocycles. The van der Waals surface area contributed by atoms with E-state index >= 15 is 0 Å². The maximum atomic E-state index is 12.9. The number of aromatic amines is 1. The molecule has 0 spiro atoms. The summed E-state index contributed by atoms with van der Waals surface area (Å²) in [7, 11) is 1.93. The number of carbonyl (C=O) groups is 2. The molecule has 8 heteroatoms. The number of benzene rings is 1. The van der Waals surface area contributed by atoms with Gasteiger partial charge in [-0.1, -0.05) is 12.1 Å². The first kappa shape index (κ1) is 19.9. The van der Waals surface area contributed by atoms with Gasteiger partial charge in [-0.05, 0) is 18.2 Å². The molecule has 4 rings (SSSR count). The standard InChI is InChI=1S/C20H21N5O2.ClH/c1-24-9-8-23-19(24)16-11-25(12-17(16)21)20(27)14-4-2-13(3-5-14)18(26)15-6-7-22-10-15;/h2-10,16-17,22H,11-12,21H2,1H3;1H/t16-,17-;/m1./s1. The fourth-order valence-corrected chi connectivity index (χ4v) is 3.58. The van der Waals surface area contributed by atoms with Crippen LogP contribution in [0.5, 0.6) is 0 Å². The first-order valence-corrected chi connectivity index (χ1v) is 8.84. The maximum absolute atomic E-state index is 12.9. The molecule has 2 aromatic heterocycles. The van der Waals surface area contributed by atoms with Crippen molar-refractivity contribution in [1.82, 2.24) is 19.4 Å². The number of aryl methyl sites for hydroxylation is 1. The molecule has 0 saturated carbocycles. The van der Waals surface area contributed by atoms with Crippen molar-refractivity contribution >= 4 is 24.1 Å². The molecule has 1 fully saturated rings. The summed E-state index contributed by atoms with van der Waals surface area (Å²) in [4.78, 5) is 34.2. The molecule has 28 heavy (non-hydrogen) atoms. The van der Waals surface area contributed by atoms with Crippen LogP contribution in [0.4, 0.5) is 0 Å². The van der Waals surface area contributed by atoms with Crippen molar-refractivity contribution in [2.24, 2.45) is 12.8 Å². The highest BCUT2D eigenvalue weighted by atomic mass is 35.5. The summed E-state index contributed by atoms with van der Waals surface area (Å²) in [5.74, 6) is 0.754. The zero-order valence-corrected chi connectivity index (χ0v) is 16.2. The Bertz CT molecular complexity index is 965. The molecule has 0 radical (unpaired) electrons. The van der Waals surface area contributed by atoms with E-state index in [1.165, 1.54) is 0 Å². The Morgan fingerprint density at radius 1 is 1.11 bits per heavy atom. The number of likely N-dealkylation sites (tertiary alicyclic amines) is 1. The summed E-state index contributed by atoms with van der Waals surface area (Å²) in [5.41, 5.74) is 7.96. The van der Waals surface area contributed by atoms with E-state index in [0.29, 0.717) is 29.8 Å². The quantitative estimate of drug-likeness (QED) is 0.655. The van der Waals surface area contributed by atoms with Gasteiger partial charge in [0, 0.05) is 67.7 Å². The molecular weight excluding hydrogens is 378 g/mol. The summed E-state index contributed by atoms with van der Waals surface area (Å²) in [6.07, 6.45) is 6.99. The van der Waals surface area contributed by atoms with Gasteiger partial charge in [-0.15, -0.1) is 12.4 Å². The zero-order valence-electron chi connectivity index (χ0n) is 15.4. The van der Waals surface area contributed by atoms with Crippen molar-refractivity contribution in [3.63, 3.8) is 0 Å². The lowest BCUT2D eigenvalue weighted by molar-refractivity contribution is 0.0788. The number of carbonyl (C=O) groups excluding carboxylic acids is 2. The molecule has 7 nitrogen and oxygen atoms in total. The molecule has 1 aliphatic rings. The Balaban J connectivity index is 0.00000225. The van der Waals surface area contributed by atoms with E-state index in [-0.39, 0.29) is 36.1 Å². The molecule has 3 aromatic rings.